The SMILES string of the molecule is CO/N=C(\CC(C)(C)C)c1ccc(N=O)c(C)c1. The summed E-state index contributed by atoms with van der Waals surface area (Å²) in [4.78, 5) is 15.5. The highest BCUT2D eigenvalue weighted by molar-refractivity contribution is 6.01. The number of benzene rings is 1. The maximum Gasteiger partial charge on any atom is 0.110 e. The largest absolute Gasteiger partial charge is 0.399 e. The van der Waals surface area contributed by atoms with Crippen LogP contribution in [0.2, 0.25) is 0 Å². The van der Waals surface area contributed by atoms with Crippen LogP contribution in [-0.2, 0) is 4.84 Å². The number of aryl methyl sites for hydroxylation is 1. The molecular weight excluding hydrogens is 228 g/mol. The quantitative estimate of drug-likeness (QED) is 0.456. The Morgan fingerprint density at radius 2 is 2.00 bits per heavy atom. The van der Waals surface area contributed by atoms with Crippen LogP contribution < -0.4 is 0 Å². The first kappa shape index (κ1) is 14.4. The molecule has 1 aromatic rings. The molecule has 0 spiro atoms. The van der Waals surface area contributed by atoms with E-state index in [-0.39, 0.29) is 5.41 Å². The predicted molar refractivity (Wildman–Crippen MR) is 74.3 cm³/mol. The molecule has 0 unspecified atom stereocenters. The first-order valence-electron chi connectivity index (χ1n) is 5.92. The van der Waals surface area contributed by atoms with Crippen LogP contribution in [0.1, 0.15) is 38.3 Å². The fourth-order valence-electron chi connectivity index (χ4n) is 1.74. The van der Waals surface area contributed by atoms with E-state index in [0.29, 0.717) is 5.69 Å². The normalized spacial score (nSPS) is 12.4. The monoisotopic (exact) mass is 248 g/mol. The van der Waals surface area contributed by atoms with Crippen molar-refractivity contribution in [3.8, 4) is 0 Å². The Hall–Kier alpha value is -1.71. The molecule has 0 aliphatic heterocycles. The Bertz CT molecular complexity index is 459. The lowest BCUT2D eigenvalue weighted by molar-refractivity contribution is 0.211. The molecule has 0 radical (unpaired) electrons. The van der Waals surface area contributed by atoms with Crippen LogP contribution in [0.15, 0.2) is 28.5 Å². The molecule has 0 atom stereocenters. The lowest BCUT2D eigenvalue weighted by atomic mass is 9.87. The van der Waals surface area contributed by atoms with Crippen LogP contribution in [0.3, 0.4) is 0 Å². The van der Waals surface area contributed by atoms with Crippen LogP contribution in [0.4, 0.5) is 5.69 Å². The van der Waals surface area contributed by atoms with Crippen molar-refractivity contribution in [2.24, 2.45) is 15.7 Å². The van der Waals surface area contributed by atoms with Gasteiger partial charge in [-0.2, -0.15) is 0 Å². The molecule has 0 saturated heterocycles. The predicted octanol–water partition coefficient (Wildman–Crippen LogP) is 4.18. The van der Waals surface area contributed by atoms with E-state index in [0.717, 1.165) is 23.3 Å². The summed E-state index contributed by atoms with van der Waals surface area (Å²) in [7, 11) is 1.54. The second-order valence-electron chi connectivity index (χ2n) is 5.55. The van der Waals surface area contributed by atoms with Crippen LogP contribution in [-0.4, -0.2) is 12.8 Å². The fourth-order valence-corrected chi connectivity index (χ4v) is 1.74. The number of oxime groups is 1. The van der Waals surface area contributed by atoms with E-state index in [1.807, 2.05) is 19.1 Å². The van der Waals surface area contributed by atoms with Crippen LogP contribution in [0.25, 0.3) is 0 Å². The van der Waals surface area contributed by atoms with E-state index in [2.05, 4.69) is 31.1 Å². The molecule has 98 valence electrons. The number of hydrogen-bond donors (Lipinski definition) is 0. The van der Waals surface area contributed by atoms with Gasteiger partial charge in [0.25, 0.3) is 0 Å². The molecule has 0 fully saturated rings. The van der Waals surface area contributed by atoms with Crippen molar-refractivity contribution >= 4 is 11.4 Å². The molecule has 0 N–H and O–H groups in total. The van der Waals surface area contributed by atoms with E-state index in [1.165, 1.54) is 7.11 Å². The molecule has 4 nitrogen and oxygen atoms in total. The molecule has 0 saturated carbocycles. The zero-order valence-corrected chi connectivity index (χ0v) is 11.7. The lowest BCUT2D eigenvalue weighted by Gasteiger charge is -2.19. The number of rotatable bonds is 4. The summed E-state index contributed by atoms with van der Waals surface area (Å²) in [6, 6.07) is 5.49. The molecule has 1 aromatic carbocycles. The molecule has 0 aliphatic rings. The summed E-state index contributed by atoms with van der Waals surface area (Å²) >= 11 is 0. The Balaban J connectivity index is 3.11. The molecule has 0 aliphatic carbocycles. The molecule has 4 heteroatoms. The number of nitroso groups, excluding NO2 is 1. The maximum absolute atomic E-state index is 10.6. The summed E-state index contributed by atoms with van der Waals surface area (Å²) in [6.45, 7) is 8.30. The highest BCUT2D eigenvalue weighted by atomic mass is 16.6. The minimum atomic E-state index is 0.118. The molecule has 1 rings (SSSR count). The van der Waals surface area contributed by atoms with Crippen molar-refractivity contribution < 1.29 is 4.84 Å². The molecule has 18 heavy (non-hydrogen) atoms. The summed E-state index contributed by atoms with van der Waals surface area (Å²) in [6.07, 6.45) is 0.800. The second-order valence-corrected chi connectivity index (χ2v) is 5.55. The van der Waals surface area contributed by atoms with Gasteiger partial charge in [-0.05, 0) is 47.2 Å². The third-order valence-corrected chi connectivity index (χ3v) is 2.53. The van der Waals surface area contributed by atoms with E-state index >= 15 is 0 Å². The van der Waals surface area contributed by atoms with Crippen LogP contribution in [0, 0.1) is 17.2 Å². The van der Waals surface area contributed by atoms with Gasteiger partial charge in [-0.3, -0.25) is 0 Å². The van der Waals surface area contributed by atoms with Gasteiger partial charge in [-0.15, -0.1) is 4.91 Å². The van der Waals surface area contributed by atoms with Crippen LogP contribution >= 0.6 is 0 Å². The van der Waals surface area contributed by atoms with Crippen molar-refractivity contribution in [3.05, 3.63) is 34.2 Å². The zero-order chi connectivity index (χ0) is 13.8. The second kappa shape index (κ2) is 5.76. The summed E-state index contributed by atoms with van der Waals surface area (Å²) in [5, 5.41) is 7.05. The Morgan fingerprint density at radius 3 is 2.44 bits per heavy atom. The van der Waals surface area contributed by atoms with Crippen molar-refractivity contribution in [1.29, 1.82) is 0 Å². The maximum atomic E-state index is 10.6. The highest BCUT2D eigenvalue weighted by Gasteiger charge is 2.17. The number of nitrogens with zero attached hydrogens (tertiary/aromatic N) is 2. The van der Waals surface area contributed by atoms with Gasteiger partial charge in [-0.25, -0.2) is 0 Å². The summed E-state index contributed by atoms with van der Waals surface area (Å²) in [5.74, 6) is 0. The molecular formula is C14H20N2O2. The smallest absolute Gasteiger partial charge is 0.110 e. The Labute approximate surface area is 108 Å². The molecule has 0 bridgehead atoms. The Morgan fingerprint density at radius 1 is 1.33 bits per heavy atom. The van der Waals surface area contributed by atoms with Crippen molar-refractivity contribution in [2.45, 2.75) is 34.1 Å². The van der Waals surface area contributed by atoms with E-state index < -0.39 is 0 Å². The average Bonchev–Trinajstić information content (AvgIpc) is 2.26. The summed E-state index contributed by atoms with van der Waals surface area (Å²) in [5.41, 5.74) is 3.28. The van der Waals surface area contributed by atoms with Gasteiger partial charge < -0.3 is 4.84 Å². The highest BCUT2D eigenvalue weighted by Crippen LogP contribution is 2.25. The van der Waals surface area contributed by atoms with Crippen molar-refractivity contribution in [2.75, 3.05) is 7.11 Å². The van der Waals surface area contributed by atoms with Gasteiger partial charge in [-0.1, -0.05) is 32.0 Å². The molecule has 0 heterocycles. The summed E-state index contributed by atoms with van der Waals surface area (Å²) < 4.78 is 0. The van der Waals surface area contributed by atoms with Gasteiger partial charge in [0.05, 0.1) is 5.71 Å². The first-order valence-corrected chi connectivity index (χ1v) is 5.92. The Kier molecular flexibility index (Phi) is 4.59. The van der Waals surface area contributed by atoms with Crippen LogP contribution in [0.5, 0.6) is 0 Å². The average molecular weight is 248 g/mol. The first-order chi connectivity index (χ1) is 8.37. The standard InChI is InChI=1S/C14H20N2O2/c1-10-8-11(6-7-12(10)15-17)13(16-18-5)9-14(2,3)4/h6-8H,9H2,1-5H3/b16-13+. The van der Waals surface area contributed by atoms with Gasteiger partial charge >= 0.3 is 0 Å². The third kappa shape index (κ3) is 3.95. The molecule has 0 amide bonds. The third-order valence-electron chi connectivity index (χ3n) is 2.53. The lowest BCUT2D eigenvalue weighted by Crippen LogP contribution is -2.14. The minimum absolute atomic E-state index is 0.118. The minimum Gasteiger partial charge on any atom is -0.399 e. The van der Waals surface area contributed by atoms with Gasteiger partial charge in [0.1, 0.15) is 12.8 Å². The van der Waals surface area contributed by atoms with Gasteiger partial charge in [0.2, 0.25) is 0 Å². The van der Waals surface area contributed by atoms with E-state index in [9.17, 15) is 4.91 Å². The van der Waals surface area contributed by atoms with Crippen molar-refractivity contribution in [3.63, 3.8) is 0 Å². The van der Waals surface area contributed by atoms with E-state index in [1.54, 1.807) is 6.07 Å². The van der Waals surface area contributed by atoms with Gasteiger partial charge in [0.15, 0.2) is 0 Å². The number of hydrogen-bond acceptors (Lipinski definition) is 4. The zero-order valence-electron chi connectivity index (χ0n) is 11.7. The van der Waals surface area contributed by atoms with Gasteiger partial charge in [0, 0.05) is 0 Å². The fraction of sp³-hybridized carbons (Fsp3) is 0.500. The van der Waals surface area contributed by atoms with Crippen molar-refractivity contribution in [1.82, 2.24) is 0 Å². The topological polar surface area (TPSA) is 51.0 Å². The van der Waals surface area contributed by atoms with E-state index in [4.69, 9.17) is 4.84 Å². The molecule has 0 aromatic heterocycles.